The fraction of sp³-hybridized carbons (Fsp3) is 0.105. The lowest BCUT2D eigenvalue weighted by atomic mass is 10.2. The van der Waals surface area contributed by atoms with Crippen LogP contribution < -0.4 is 15.8 Å². The number of aryl methyl sites for hydroxylation is 1. The molecular formula is C19H15F3N4O2. The van der Waals surface area contributed by atoms with E-state index in [2.05, 4.69) is 15.3 Å². The topological polar surface area (TPSA) is 90.1 Å². The van der Waals surface area contributed by atoms with Crippen molar-refractivity contribution < 1.29 is 22.7 Å². The van der Waals surface area contributed by atoms with Crippen molar-refractivity contribution in [3.63, 3.8) is 0 Å². The van der Waals surface area contributed by atoms with E-state index in [1.807, 2.05) is 0 Å². The average Bonchev–Trinajstić information content (AvgIpc) is 2.65. The third-order valence-corrected chi connectivity index (χ3v) is 3.73. The second kappa shape index (κ2) is 7.55. The Morgan fingerprint density at radius 2 is 1.61 bits per heavy atom. The lowest BCUT2D eigenvalue weighted by molar-refractivity contribution is -0.137. The molecule has 1 heterocycles. The predicted molar refractivity (Wildman–Crippen MR) is 97.1 cm³/mol. The Balaban J connectivity index is 1.66. The summed E-state index contributed by atoms with van der Waals surface area (Å²) in [5.41, 5.74) is 5.98. The van der Waals surface area contributed by atoms with Gasteiger partial charge in [-0.15, -0.1) is 0 Å². The summed E-state index contributed by atoms with van der Waals surface area (Å²) in [6.45, 7) is 1.69. The van der Waals surface area contributed by atoms with Crippen molar-refractivity contribution in [2.24, 2.45) is 0 Å². The molecule has 9 heteroatoms. The molecule has 0 aliphatic carbocycles. The fourth-order valence-corrected chi connectivity index (χ4v) is 2.33. The molecule has 0 saturated heterocycles. The molecule has 1 aromatic heterocycles. The van der Waals surface area contributed by atoms with E-state index in [1.54, 1.807) is 31.2 Å². The molecule has 2 aromatic carbocycles. The number of benzene rings is 2. The number of nitrogens with zero attached hydrogens (tertiary/aromatic N) is 2. The molecule has 3 rings (SSSR count). The van der Waals surface area contributed by atoms with E-state index in [-0.39, 0.29) is 17.4 Å². The monoisotopic (exact) mass is 388 g/mol. The van der Waals surface area contributed by atoms with Gasteiger partial charge in [0.05, 0.1) is 5.56 Å². The van der Waals surface area contributed by atoms with Crippen LogP contribution in [0.25, 0.3) is 0 Å². The molecule has 0 aliphatic heterocycles. The Bertz CT molecular complexity index is 988. The van der Waals surface area contributed by atoms with Crippen molar-refractivity contribution in [3.05, 3.63) is 71.5 Å². The third-order valence-electron chi connectivity index (χ3n) is 3.73. The Kier molecular flexibility index (Phi) is 5.16. The van der Waals surface area contributed by atoms with Crippen LogP contribution in [0.4, 0.5) is 24.8 Å². The number of anilines is 2. The Morgan fingerprint density at radius 1 is 1.04 bits per heavy atom. The number of amides is 1. The van der Waals surface area contributed by atoms with Gasteiger partial charge in [0.2, 0.25) is 5.95 Å². The van der Waals surface area contributed by atoms with Crippen LogP contribution >= 0.6 is 0 Å². The van der Waals surface area contributed by atoms with Gasteiger partial charge in [0, 0.05) is 11.9 Å². The molecule has 0 fully saturated rings. The molecular weight excluding hydrogens is 373 g/mol. The van der Waals surface area contributed by atoms with Crippen LogP contribution in [0.3, 0.4) is 0 Å². The smallest absolute Gasteiger partial charge is 0.416 e. The third kappa shape index (κ3) is 4.56. The zero-order valence-electron chi connectivity index (χ0n) is 14.6. The predicted octanol–water partition coefficient (Wildman–Crippen LogP) is 4.43. The van der Waals surface area contributed by atoms with Gasteiger partial charge in [-0.3, -0.25) is 4.79 Å². The first-order chi connectivity index (χ1) is 13.2. The standard InChI is InChI=1S/C19H15F3N4O2/c1-11-10-24-18(23)26-16(11)17(27)25-13-4-8-15(9-5-13)28-14-6-2-12(3-7-14)19(20,21)22/h2-10H,1H3,(H,25,27)(H2,23,24,26). The number of rotatable bonds is 4. The van der Waals surface area contributed by atoms with E-state index >= 15 is 0 Å². The van der Waals surface area contributed by atoms with Gasteiger partial charge in [0.1, 0.15) is 17.2 Å². The number of aromatic nitrogens is 2. The molecule has 0 unspecified atom stereocenters. The number of hydrogen-bond donors (Lipinski definition) is 2. The van der Waals surface area contributed by atoms with Crippen molar-refractivity contribution in [1.82, 2.24) is 9.97 Å². The summed E-state index contributed by atoms with van der Waals surface area (Å²) in [5, 5.41) is 2.68. The minimum Gasteiger partial charge on any atom is -0.457 e. The van der Waals surface area contributed by atoms with Crippen molar-refractivity contribution in [2.75, 3.05) is 11.1 Å². The van der Waals surface area contributed by atoms with Crippen LogP contribution in [-0.2, 0) is 6.18 Å². The van der Waals surface area contributed by atoms with Crippen LogP contribution in [0.1, 0.15) is 21.6 Å². The number of halogens is 3. The summed E-state index contributed by atoms with van der Waals surface area (Å²) < 4.78 is 43.2. The van der Waals surface area contributed by atoms with E-state index in [0.29, 0.717) is 17.0 Å². The summed E-state index contributed by atoms with van der Waals surface area (Å²) >= 11 is 0. The van der Waals surface area contributed by atoms with E-state index in [1.165, 1.54) is 18.3 Å². The normalized spacial score (nSPS) is 11.1. The molecule has 144 valence electrons. The highest BCUT2D eigenvalue weighted by Crippen LogP contribution is 2.31. The Hall–Kier alpha value is -3.62. The maximum absolute atomic E-state index is 12.6. The quantitative estimate of drug-likeness (QED) is 0.690. The number of ether oxygens (including phenoxy) is 1. The van der Waals surface area contributed by atoms with Gasteiger partial charge in [-0.05, 0) is 61.0 Å². The molecule has 0 bridgehead atoms. The van der Waals surface area contributed by atoms with Crippen LogP contribution in [0, 0.1) is 6.92 Å². The van der Waals surface area contributed by atoms with E-state index < -0.39 is 17.6 Å². The first-order valence-electron chi connectivity index (χ1n) is 8.08. The van der Waals surface area contributed by atoms with Gasteiger partial charge in [0.15, 0.2) is 0 Å². The van der Waals surface area contributed by atoms with Crippen molar-refractivity contribution >= 4 is 17.5 Å². The summed E-state index contributed by atoms with van der Waals surface area (Å²) in [7, 11) is 0. The molecule has 3 aromatic rings. The highest BCUT2D eigenvalue weighted by Gasteiger charge is 2.30. The van der Waals surface area contributed by atoms with Gasteiger partial charge < -0.3 is 15.8 Å². The van der Waals surface area contributed by atoms with Gasteiger partial charge in [-0.2, -0.15) is 13.2 Å². The maximum atomic E-state index is 12.6. The minimum atomic E-state index is -4.40. The summed E-state index contributed by atoms with van der Waals surface area (Å²) in [6, 6.07) is 10.7. The van der Waals surface area contributed by atoms with Crippen molar-refractivity contribution in [2.45, 2.75) is 13.1 Å². The van der Waals surface area contributed by atoms with Gasteiger partial charge >= 0.3 is 6.18 Å². The first kappa shape index (κ1) is 19.2. The second-order valence-corrected chi connectivity index (χ2v) is 5.86. The number of carbonyl (C=O) groups is 1. The number of nitrogens with one attached hydrogen (secondary N) is 1. The van der Waals surface area contributed by atoms with Crippen LogP contribution in [0.5, 0.6) is 11.5 Å². The van der Waals surface area contributed by atoms with Crippen LogP contribution in [-0.4, -0.2) is 15.9 Å². The summed E-state index contributed by atoms with van der Waals surface area (Å²) in [5.74, 6) is 0.219. The highest BCUT2D eigenvalue weighted by atomic mass is 19.4. The zero-order valence-corrected chi connectivity index (χ0v) is 14.6. The number of alkyl halides is 3. The molecule has 28 heavy (non-hydrogen) atoms. The molecule has 6 nitrogen and oxygen atoms in total. The summed E-state index contributed by atoms with van der Waals surface area (Å²) in [4.78, 5) is 20.0. The van der Waals surface area contributed by atoms with E-state index in [9.17, 15) is 18.0 Å². The van der Waals surface area contributed by atoms with E-state index in [4.69, 9.17) is 10.5 Å². The van der Waals surface area contributed by atoms with Crippen molar-refractivity contribution in [1.29, 1.82) is 0 Å². The first-order valence-corrected chi connectivity index (χ1v) is 8.08. The van der Waals surface area contributed by atoms with Gasteiger partial charge in [-0.1, -0.05) is 0 Å². The number of hydrogen-bond acceptors (Lipinski definition) is 5. The Morgan fingerprint density at radius 3 is 2.18 bits per heavy atom. The molecule has 0 aliphatic rings. The van der Waals surface area contributed by atoms with Crippen LogP contribution in [0.15, 0.2) is 54.7 Å². The second-order valence-electron chi connectivity index (χ2n) is 5.86. The van der Waals surface area contributed by atoms with Crippen molar-refractivity contribution in [3.8, 4) is 11.5 Å². The molecule has 3 N–H and O–H groups in total. The SMILES string of the molecule is Cc1cnc(N)nc1C(=O)Nc1ccc(Oc2ccc(C(F)(F)F)cc2)cc1. The molecule has 0 atom stereocenters. The maximum Gasteiger partial charge on any atom is 0.416 e. The number of nitrogens with two attached hydrogens (primary N) is 1. The lowest BCUT2D eigenvalue weighted by Crippen LogP contribution is -2.16. The number of nitrogen functional groups attached to an aromatic ring is 1. The summed E-state index contributed by atoms with van der Waals surface area (Å²) in [6.07, 6.45) is -2.94. The van der Waals surface area contributed by atoms with Crippen LogP contribution in [0.2, 0.25) is 0 Å². The molecule has 0 spiro atoms. The van der Waals surface area contributed by atoms with E-state index in [0.717, 1.165) is 12.1 Å². The molecule has 1 amide bonds. The highest BCUT2D eigenvalue weighted by molar-refractivity contribution is 6.03. The molecule has 0 saturated carbocycles. The fourth-order valence-electron chi connectivity index (χ4n) is 2.33. The largest absolute Gasteiger partial charge is 0.457 e. The Labute approximate surface area is 158 Å². The molecule has 0 radical (unpaired) electrons. The lowest BCUT2D eigenvalue weighted by Gasteiger charge is -2.10. The average molecular weight is 388 g/mol. The minimum absolute atomic E-state index is 0.00367. The zero-order chi connectivity index (χ0) is 20.3. The van der Waals surface area contributed by atoms with Gasteiger partial charge in [-0.25, -0.2) is 9.97 Å². The van der Waals surface area contributed by atoms with Gasteiger partial charge in [0.25, 0.3) is 5.91 Å². The number of carbonyl (C=O) groups excluding carboxylic acids is 1.